The molecule has 0 saturated heterocycles. The standard InChI is InChI=1S/C36H39Cl2N3O5S/c1-3-5-22-39-36(43)34(24-27-10-7-6-8-11-27)40(25-28-12-9-13-30(38)23-28)35(42)26-41(31-16-18-32(19-17-31)46-4-2)47(44,45)33-20-14-29(37)15-21-33/h6-21,23,34H,3-5,22,24-26H2,1-2H3,(H,39,43)/t34-/m1/s1. The summed E-state index contributed by atoms with van der Waals surface area (Å²) >= 11 is 12.4. The number of sulfonamides is 1. The highest BCUT2D eigenvalue weighted by Gasteiger charge is 2.34. The Balaban J connectivity index is 1.79. The molecule has 0 bridgehead atoms. The van der Waals surface area contributed by atoms with Crippen molar-refractivity contribution >= 4 is 50.7 Å². The van der Waals surface area contributed by atoms with Gasteiger partial charge < -0.3 is 15.0 Å². The summed E-state index contributed by atoms with van der Waals surface area (Å²) in [5.74, 6) is -0.338. The number of unbranched alkanes of at least 4 members (excludes halogenated alkanes) is 1. The smallest absolute Gasteiger partial charge is 0.264 e. The normalized spacial score (nSPS) is 11.8. The first kappa shape index (κ1) is 35.8. The van der Waals surface area contributed by atoms with Crippen LogP contribution in [0.4, 0.5) is 5.69 Å². The van der Waals surface area contributed by atoms with Crippen LogP contribution in [0.3, 0.4) is 0 Å². The number of nitrogens with one attached hydrogen (secondary N) is 1. The van der Waals surface area contributed by atoms with Gasteiger partial charge in [-0.2, -0.15) is 0 Å². The van der Waals surface area contributed by atoms with Gasteiger partial charge in [0.25, 0.3) is 10.0 Å². The molecular weight excluding hydrogens is 657 g/mol. The van der Waals surface area contributed by atoms with E-state index in [1.165, 1.54) is 29.2 Å². The summed E-state index contributed by atoms with van der Waals surface area (Å²) in [5.41, 5.74) is 1.80. The third-order valence-electron chi connectivity index (χ3n) is 7.46. The van der Waals surface area contributed by atoms with Gasteiger partial charge in [-0.25, -0.2) is 8.42 Å². The van der Waals surface area contributed by atoms with Crippen LogP contribution in [0.25, 0.3) is 0 Å². The summed E-state index contributed by atoms with van der Waals surface area (Å²) in [4.78, 5) is 29.8. The number of nitrogens with zero attached hydrogens (tertiary/aromatic N) is 2. The fourth-order valence-electron chi connectivity index (χ4n) is 5.03. The molecule has 0 saturated carbocycles. The van der Waals surface area contributed by atoms with Crippen LogP contribution in [0, 0.1) is 0 Å². The van der Waals surface area contributed by atoms with E-state index in [0.717, 1.165) is 22.7 Å². The second-order valence-corrected chi connectivity index (χ2v) is 13.6. The van der Waals surface area contributed by atoms with E-state index in [0.29, 0.717) is 34.5 Å². The summed E-state index contributed by atoms with van der Waals surface area (Å²) in [5, 5.41) is 3.83. The van der Waals surface area contributed by atoms with Crippen LogP contribution in [-0.4, -0.2) is 50.9 Å². The number of hydrogen-bond donors (Lipinski definition) is 1. The summed E-state index contributed by atoms with van der Waals surface area (Å²) in [6.45, 7) is 4.21. The van der Waals surface area contributed by atoms with Crippen molar-refractivity contribution < 1.29 is 22.7 Å². The molecule has 1 N–H and O–H groups in total. The number of amides is 2. The average molecular weight is 697 g/mol. The quantitative estimate of drug-likeness (QED) is 0.126. The number of carbonyl (C=O) groups excluding carboxylic acids is 2. The van der Waals surface area contributed by atoms with Crippen molar-refractivity contribution in [3.8, 4) is 5.75 Å². The molecule has 4 rings (SSSR count). The first-order valence-electron chi connectivity index (χ1n) is 15.5. The van der Waals surface area contributed by atoms with Crippen LogP contribution in [0.15, 0.2) is 108 Å². The van der Waals surface area contributed by atoms with Crippen molar-refractivity contribution in [2.45, 2.75) is 50.6 Å². The zero-order chi connectivity index (χ0) is 33.8. The van der Waals surface area contributed by atoms with Crippen LogP contribution in [0.1, 0.15) is 37.8 Å². The van der Waals surface area contributed by atoms with Gasteiger partial charge in [-0.05, 0) is 85.1 Å². The fraction of sp³-hybridized carbons (Fsp3) is 0.278. The van der Waals surface area contributed by atoms with Gasteiger partial charge in [-0.15, -0.1) is 0 Å². The molecule has 47 heavy (non-hydrogen) atoms. The third-order valence-corrected chi connectivity index (χ3v) is 9.73. The Morgan fingerprint density at radius 1 is 0.830 bits per heavy atom. The number of rotatable bonds is 16. The van der Waals surface area contributed by atoms with E-state index in [4.69, 9.17) is 27.9 Å². The van der Waals surface area contributed by atoms with Gasteiger partial charge in [-0.3, -0.25) is 13.9 Å². The van der Waals surface area contributed by atoms with Gasteiger partial charge in [0.15, 0.2) is 0 Å². The van der Waals surface area contributed by atoms with Gasteiger partial charge in [0.2, 0.25) is 11.8 Å². The van der Waals surface area contributed by atoms with E-state index < -0.39 is 28.5 Å². The summed E-state index contributed by atoms with van der Waals surface area (Å²) < 4.78 is 34.9. The number of hydrogen-bond acceptors (Lipinski definition) is 5. The summed E-state index contributed by atoms with van der Waals surface area (Å²) in [6.07, 6.45) is 1.88. The average Bonchev–Trinajstić information content (AvgIpc) is 3.06. The van der Waals surface area contributed by atoms with Crippen molar-refractivity contribution in [2.75, 3.05) is 24.0 Å². The minimum atomic E-state index is -4.26. The Morgan fingerprint density at radius 3 is 2.15 bits per heavy atom. The second-order valence-electron chi connectivity index (χ2n) is 10.9. The molecule has 2 amide bonds. The van der Waals surface area contributed by atoms with Gasteiger partial charge in [0, 0.05) is 29.6 Å². The molecule has 0 spiro atoms. The predicted octanol–water partition coefficient (Wildman–Crippen LogP) is 7.14. The molecule has 0 aromatic heterocycles. The number of anilines is 1. The van der Waals surface area contributed by atoms with Gasteiger partial charge in [-0.1, -0.05) is 79.0 Å². The van der Waals surface area contributed by atoms with Crippen molar-refractivity contribution in [3.63, 3.8) is 0 Å². The Bertz CT molecular complexity index is 1720. The SMILES string of the molecule is CCCCNC(=O)[C@@H](Cc1ccccc1)N(Cc1cccc(Cl)c1)C(=O)CN(c1ccc(OCC)cc1)S(=O)(=O)c1ccc(Cl)cc1. The lowest BCUT2D eigenvalue weighted by atomic mass is 10.0. The van der Waals surface area contributed by atoms with Gasteiger partial charge >= 0.3 is 0 Å². The Labute approximate surface area is 287 Å². The lowest BCUT2D eigenvalue weighted by Gasteiger charge is -2.34. The largest absolute Gasteiger partial charge is 0.494 e. The van der Waals surface area contributed by atoms with Gasteiger partial charge in [0.1, 0.15) is 18.3 Å². The van der Waals surface area contributed by atoms with E-state index in [9.17, 15) is 18.0 Å². The molecule has 4 aromatic rings. The van der Waals surface area contributed by atoms with E-state index >= 15 is 0 Å². The minimum absolute atomic E-state index is 0.0240. The van der Waals surface area contributed by atoms with Crippen LogP contribution in [-0.2, 0) is 32.6 Å². The zero-order valence-electron chi connectivity index (χ0n) is 26.4. The first-order chi connectivity index (χ1) is 22.6. The van der Waals surface area contributed by atoms with Crippen LogP contribution in [0.5, 0.6) is 5.75 Å². The highest BCUT2D eigenvalue weighted by atomic mass is 35.5. The van der Waals surface area contributed by atoms with E-state index in [1.807, 2.05) is 50.2 Å². The van der Waals surface area contributed by atoms with Gasteiger partial charge in [0.05, 0.1) is 17.2 Å². The number of benzene rings is 4. The molecule has 0 fully saturated rings. The number of ether oxygens (including phenoxy) is 1. The Morgan fingerprint density at radius 2 is 1.51 bits per heavy atom. The molecule has 0 aliphatic heterocycles. The first-order valence-corrected chi connectivity index (χ1v) is 17.7. The fourth-order valence-corrected chi connectivity index (χ4v) is 6.78. The predicted molar refractivity (Wildman–Crippen MR) is 187 cm³/mol. The minimum Gasteiger partial charge on any atom is -0.494 e. The monoisotopic (exact) mass is 695 g/mol. The molecule has 0 heterocycles. The van der Waals surface area contributed by atoms with Crippen molar-refractivity contribution in [2.24, 2.45) is 0 Å². The highest BCUT2D eigenvalue weighted by Crippen LogP contribution is 2.28. The molecule has 0 aliphatic carbocycles. The lowest BCUT2D eigenvalue weighted by molar-refractivity contribution is -0.140. The van der Waals surface area contributed by atoms with E-state index in [-0.39, 0.29) is 29.5 Å². The topological polar surface area (TPSA) is 96.0 Å². The maximum absolute atomic E-state index is 14.5. The molecule has 0 unspecified atom stereocenters. The summed E-state index contributed by atoms with van der Waals surface area (Å²) in [7, 11) is -4.26. The molecule has 4 aromatic carbocycles. The zero-order valence-corrected chi connectivity index (χ0v) is 28.8. The maximum Gasteiger partial charge on any atom is 0.264 e. The number of carbonyl (C=O) groups is 2. The molecule has 8 nitrogen and oxygen atoms in total. The number of halogens is 2. The second kappa shape index (κ2) is 17.2. The van der Waals surface area contributed by atoms with Crippen molar-refractivity contribution in [1.82, 2.24) is 10.2 Å². The molecular formula is C36H39Cl2N3O5S. The van der Waals surface area contributed by atoms with Crippen LogP contribution >= 0.6 is 23.2 Å². The van der Waals surface area contributed by atoms with Crippen LogP contribution < -0.4 is 14.4 Å². The maximum atomic E-state index is 14.5. The van der Waals surface area contributed by atoms with Crippen LogP contribution in [0.2, 0.25) is 10.0 Å². The summed E-state index contributed by atoms with van der Waals surface area (Å²) in [6, 6.07) is 27.7. The molecule has 0 aliphatic rings. The third kappa shape index (κ3) is 9.97. The van der Waals surface area contributed by atoms with Crippen molar-refractivity contribution in [1.29, 1.82) is 0 Å². The molecule has 11 heteroatoms. The van der Waals surface area contributed by atoms with E-state index in [1.54, 1.807) is 42.5 Å². The van der Waals surface area contributed by atoms with Crippen molar-refractivity contribution in [3.05, 3.63) is 124 Å². The lowest BCUT2D eigenvalue weighted by Crippen LogP contribution is -2.53. The molecule has 248 valence electrons. The Hall–Kier alpha value is -4.05. The highest BCUT2D eigenvalue weighted by molar-refractivity contribution is 7.92. The van der Waals surface area contributed by atoms with E-state index in [2.05, 4.69) is 5.32 Å². The molecule has 1 atom stereocenters. The molecule has 0 radical (unpaired) electrons. The Kier molecular flexibility index (Phi) is 13.1.